The molecule has 0 saturated carbocycles. The summed E-state index contributed by atoms with van der Waals surface area (Å²) in [6.45, 7) is 8.67. The van der Waals surface area contributed by atoms with Crippen LogP contribution in [-0.2, 0) is 13.0 Å². The first-order chi connectivity index (χ1) is 6.72. The van der Waals surface area contributed by atoms with E-state index in [1.807, 2.05) is 0 Å². The first kappa shape index (κ1) is 11.3. The van der Waals surface area contributed by atoms with Gasteiger partial charge in [-0.15, -0.1) is 0 Å². The quantitative estimate of drug-likeness (QED) is 0.754. The SMILES string of the molecule is CCNCc1ccc(CC(C)C)cc1. The van der Waals surface area contributed by atoms with E-state index in [1.165, 1.54) is 17.5 Å². The molecule has 1 N–H and O–H groups in total. The van der Waals surface area contributed by atoms with Crippen molar-refractivity contribution in [1.82, 2.24) is 5.32 Å². The summed E-state index contributed by atoms with van der Waals surface area (Å²) in [5.41, 5.74) is 2.82. The van der Waals surface area contributed by atoms with Gasteiger partial charge >= 0.3 is 0 Å². The monoisotopic (exact) mass is 191 g/mol. The Hall–Kier alpha value is -0.820. The van der Waals surface area contributed by atoms with Crippen LogP contribution in [0.15, 0.2) is 24.3 Å². The van der Waals surface area contributed by atoms with Crippen molar-refractivity contribution >= 4 is 0 Å². The van der Waals surface area contributed by atoms with E-state index in [4.69, 9.17) is 0 Å². The van der Waals surface area contributed by atoms with E-state index >= 15 is 0 Å². The van der Waals surface area contributed by atoms with Gasteiger partial charge in [-0.2, -0.15) is 0 Å². The number of hydrogen-bond donors (Lipinski definition) is 1. The summed E-state index contributed by atoms with van der Waals surface area (Å²) in [6.07, 6.45) is 1.18. The van der Waals surface area contributed by atoms with Crippen molar-refractivity contribution in [1.29, 1.82) is 0 Å². The molecule has 1 rings (SSSR count). The van der Waals surface area contributed by atoms with Gasteiger partial charge in [-0.1, -0.05) is 45.0 Å². The Kier molecular flexibility index (Phi) is 4.68. The van der Waals surface area contributed by atoms with Crippen molar-refractivity contribution < 1.29 is 0 Å². The number of rotatable bonds is 5. The summed E-state index contributed by atoms with van der Waals surface area (Å²) in [5.74, 6) is 0.745. The largest absolute Gasteiger partial charge is 0.313 e. The highest BCUT2D eigenvalue weighted by atomic mass is 14.8. The molecule has 14 heavy (non-hydrogen) atoms. The normalized spacial score (nSPS) is 10.9. The average Bonchev–Trinajstić information content (AvgIpc) is 2.16. The molecule has 0 aromatic heterocycles. The van der Waals surface area contributed by atoms with E-state index in [0.29, 0.717) is 0 Å². The summed E-state index contributed by atoms with van der Waals surface area (Å²) >= 11 is 0. The number of benzene rings is 1. The highest BCUT2D eigenvalue weighted by molar-refractivity contribution is 5.22. The maximum Gasteiger partial charge on any atom is 0.0205 e. The maximum absolute atomic E-state index is 3.32. The van der Waals surface area contributed by atoms with E-state index in [9.17, 15) is 0 Å². The molecule has 0 aliphatic carbocycles. The van der Waals surface area contributed by atoms with Gasteiger partial charge in [0.1, 0.15) is 0 Å². The Labute approximate surface area is 87.5 Å². The van der Waals surface area contributed by atoms with Crippen LogP contribution in [0.1, 0.15) is 31.9 Å². The van der Waals surface area contributed by atoms with Gasteiger partial charge in [-0.25, -0.2) is 0 Å². The minimum absolute atomic E-state index is 0.745. The van der Waals surface area contributed by atoms with Gasteiger partial charge < -0.3 is 5.32 Å². The molecule has 1 nitrogen and oxygen atoms in total. The summed E-state index contributed by atoms with van der Waals surface area (Å²) in [4.78, 5) is 0. The molecule has 0 radical (unpaired) electrons. The molecule has 0 saturated heterocycles. The van der Waals surface area contributed by atoms with E-state index in [2.05, 4.69) is 50.4 Å². The molecule has 1 aromatic carbocycles. The van der Waals surface area contributed by atoms with Crippen LogP contribution in [0.5, 0.6) is 0 Å². The van der Waals surface area contributed by atoms with E-state index in [-0.39, 0.29) is 0 Å². The fourth-order valence-electron chi connectivity index (χ4n) is 1.53. The van der Waals surface area contributed by atoms with Crippen LogP contribution in [0.4, 0.5) is 0 Å². The Balaban J connectivity index is 2.50. The second-order valence-corrected chi connectivity index (χ2v) is 4.19. The summed E-state index contributed by atoms with van der Waals surface area (Å²) < 4.78 is 0. The molecule has 0 aliphatic rings. The Bertz CT molecular complexity index is 248. The highest BCUT2D eigenvalue weighted by Gasteiger charge is 1.97. The Morgan fingerprint density at radius 2 is 1.64 bits per heavy atom. The van der Waals surface area contributed by atoms with Crippen LogP contribution in [0.2, 0.25) is 0 Å². The third-order valence-corrected chi connectivity index (χ3v) is 2.25. The standard InChI is InChI=1S/C13H21N/c1-4-14-10-13-7-5-12(6-8-13)9-11(2)3/h5-8,11,14H,4,9-10H2,1-3H3. The average molecular weight is 191 g/mol. The van der Waals surface area contributed by atoms with Crippen LogP contribution in [0, 0.1) is 5.92 Å². The van der Waals surface area contributed by atoms with Crippen molar-refractivity contribution in [3.63, 3.8) is 0 Å². The molecule has 0 amide bonds. The summed E-state index contributed by atoms with van der Waals surface area (Å²) in [6, 6.07) is 8.93. The Morgan fingerprint density at radius 3 is 2.14 bits per heavy atom. The zero-order valence-corrected chi connectivity index (χ0v) is 9.51. The van der Waals surface area contributed by atoms with Gasteiger partial charge in [-0.05, 0) is 30.0 Å². The second kappa shape index (κ2) is 5.82. The first-order valence-corrected chi connectivity index (χ1v) is 5.51. The van der Waals surface area contributed by atoms with E-state index in [0.717, 1.165) is 19.0 Å². The van der Waals surface area contributed by atoms with Gasteiger partial charge in [0.25, 0.3) is 0 Å². The van der Waals surface area contributed by atoms with Gasteiger partial charge in [-0.3, -0.25) is 0 Å². The zero-order valence-electron chi connectivity index (χ0n) is 9.51. The predicted molar refractivity (Wildman–Crippen MR) is 62.4 cm³/mol. The second-order valence-electron chi connectivity index (χ2n) is 4.19. The first-order valence-electron chi connectivity index (χ1n) is 5.51. The van der Waals surface area contributed by atoms with Gasteiger partial charge in [0.15, 0.2) is 0 Å². The Morgan fingerprint density at radius 1 is 1.07 bits per heavy atom. The fourth-order valence-corrected chi connectivity index (χ4v) is 1.53. The lowest BCUT2D eigenvalue weighted by molar-refractivity contribution is 0.646. The van der Waals surface area contributed by atoms with Crippen LogP contribution >= 0.6 is 0 Å². The number of hydrogen-bond acceptors (Lipinski definition) is 1. The molecule has 78 valence electrons. The smallest absolute Gasteiger partial charge is 0.0205 e. The maximum atomic E-state index is 3.32. The lowest BCUT2D eigenvalue weighted by atomic mass is 10.0. The molecule has 0 spiro atoms. The van der Waals surface area contributed by atoms with Crippen molar-refractivity contribution in [2.45, 2.75) is 33.7 Å². The molecule has 1 aromatic rings. The molecule has 0 aliphatic heterocycles. The van der Waals surface area contributed by atoms with Crippen LogP contribution in [0.3, 0.4) is 0 Å². The number of nitrogens with one attached hydrogen (secondary N) is 1. The molecule has 0 unspecified atom stereocenters. The van der Waals surface area contributed by atoms with Crippen molar-refractivity contribution in [2.75, 3.05) is 6.54 Å². The van der Waals surface area contributed by atoms with E-state index in [1.54, 1.807) is 0 Å². The molecule has 0 bridgehead atoms. The van der Waals surface area contributed by atoms with E-state index < -0.39 is 0 Å². The molecule has 1 heteroatoms. The zero-order chi connectivity index (χ0) is 10.4. The minimum Gasteiger partial charge on any atom is -0.313 e. The minimum atomic E-state index is 0.745. The van der Waals surface area contributed by atoms with Crippen LogP contribution in [0.25, 0.3) is 0 Å². The molecule has 0 atom stereocenters. The van der Waals surface area contributed by atoms with Crippen molar-refractivity contribution in [2.24, 2.45) is 5.92 Å². The van der Waals surface area contributed by atoms with Crippen molar-refractivity contribution in [3.8, 4) is 0 Å². The third kappa shape index (κ3) is 3.93. The molecule has 0 heterocycles. The van der Waals surface area contributed by atoms with Gasteiger partial charge in [0, 0.05) is 6.54 Å². The highest BCUT2D eigenvalue weighted by Crippen LogP contribution is 2.09. The van der Waals surface area contributed by atoms with Crippen LogP contribution in [-0.4, -0.2) is 6.54 Å². The van der Waals surface area contributed by atoms with Crippen molar-refractivity contribution in [3.05, 3.63) is 35.4 Å². The van der Waals surface area contributed by atoms with Crippen LogP contribution < -0.4 is 5.32 Å². The lowest BCUT2D eigenvalue weighted by Gasteiger charge is -2.06. The van der Waals surface area contributed by atoms with Gasteiger partial charge in [0.05, 0.1) is 0 Å². The molecule has 0 fully saturated rings. The topological polar surface area (TPSA) is 12.0 Å². The fraction of sp³-hybridized carbons (Fsp3) is 0.538. The van der Waals surface area contributed by atoms with Gasteiger partial charge in [0.2, 0.25) is 0 Å². The molecular weight excluding hydrogens is 170 g/mol. The summed E-state index contributed by atoms with van der Waals surface area (Å²) in [7, 11) is 0. The molecular formula is C13H21N. The summed E-state index contributed by atoms with van der Waals surface area (Å²) in [5, 5.41) is 3.32. The lowest BCUT2D eigenvalue weighted by Crippen LogP contribution is -2.11. The predicted octanol–water partition coefficient (Wildman–Crippen LogP) is 2.99. The third-order valence-electron chi connectivity index (χ3n) is 2.25.